The van der Waals surface area contributed by atoms with E-state index in [1.54, 1.807) is 20.8 Å². The van der Waals surface area contributed by atoms with Crippen LogP contribution < -0.4 is 0 Å². The van der Waals surface area contributed by atoms with Crippen molar-refractivity contribution in [3.05, 3.63) is 12.3 Å². The Morgan fingerprint density at radius 1 is 1.35 bits per heavy atom. The molecule has 130 valence electrons. The second-order valence-corrected chi connectivity index (χ2v) is 6.47. The van der Waals surface area contributed by atoms with Gasteiger partial charge in [0, 0.05) is 12.1 Å². The van der Waals surface area contributed by atoms with Gasteiger partial charge in [0.25, 0.3) is 6.43 Å². The van der Waals surface area contributed by atoms with Crippen LogP contribution in [-0.4, -0.2) is 46.8 Å². The SMILES string of the molecule is CC1C=CN(C(=O)OC(C)(C)C)CC1(F)C(=O)CC(=O)C(F)F. The Morgan fingerprint density at radius 3 is 2.39 bits per heavy atom. The summed E-state index contributed by atoms with van der Waals surface area (Å²) in [6.45, 7) is 5.55. The molecule has 0 aromatic carbocycles. The van der Waals surface area contributed by atoms with Gasteiger partial charge in [-0.1, -0.05) is 13.0 Å². The first-order valence-electron chi connectivity index (χ1n) is 7.08. The van der Waals surface area contributed by atoms with Crippen LogP contribution in [0.4, 0.5) is 18.0 Å². The van der Waals surface area contributed by atoms with Crippen molar-refractivity contribution in [3.8, 4) is 0 Å². The molecule has 0 aromatic heterocycles. The Kier molecular flexibility index (Phi) is 5.60. The highest BCUT2D eigenvalue weighted by Crippen LogP contribution is 2.32. The van der Waals surface area contributed by atoms with E-state index in [9.17, 15) is 27.6 Å². The first kappa shape index (κ1) is 19.2. The second kappa shape index (κ2) is 6.72. The van der Waals surface area contributed by atoms with E-state index in [4.69, 9.17) is 4.74 Å². The van der Waals surface area contributed by atoms with Crippen LogP contribution in [0.3, 0.4) is 0 Å². The number of nitrogens with zero attached hydrogens (tertiary/aromatic N) is 1. The van der Waals surface area contributed by atoms with Crippen LogP contribution in [0.1, 0.15) is 34.1 Å². The summed E-state index contributed by atoms with van der Waals surface area (Å²) in [5.74, 6) is -3.87. The van der Waals surface area contributed by atoms with Gasteiger partial charge in [0.05, 0.1) is 13.0 Å². The molecule has 1 aliphatic rings. The smallest absolute Gasteiger partial charge is 0.414 e. The molecule has 1 aliphatic heterocycles. The topological polar surface area (TPSA) is 63.7 Å². The third kappa shape index (κ3) is 4.80. The van der Waals surface area contributed by atoms with Gasteiger partial charge in [0.15, 0.2) is 11.5 Å². The zero-order valence-electron chi connectivity index (χ0n) is 13.4. The highest BCUT2D eigenvalue weighted by atomic mass is 19.3. The summed E-state index contributed by atoms with van der Waals surface area (Å²) in [5.41, 5.74) is -3.43. The average molecular weight is 335 g/mol. The molecule has 1 heterocycles. The van der Waals surface area contributed by atoms with E-state index in [1.165, 1.54) is 19.2 Å². The lowest BCUT2D eigenvalue weighted by Gasteiger charge is -2.37. The fraction of sp³-hybridized carbons (Fsp3) is 0.667. The van der Waals surface area contributed by atoms with Crippen LogP contribution in [0.25, 0.3) is 0 Å². The van der Waals surface area contributed by atoms with Crippen LogP contribution in [0.15, 0.2) is 12.3 Å². The Labute approximate surface area is 132 Å². The van der Waals surface area contributed by atoms with Crippen LogP contribution in [0.2, 0.25) is 0 Å². The Morgan fingerprint density at radius 2 is 1.91 bits per heavy atom. The summed E-state index contributed by atoms with van der Waals surface area (Å²) in [6, 6.07) is 0. The summed E-state index contributed by atoms with van der Waals surface area (Å²) in [6.07, 6.45) is -2.87. The van der Waals surface area contributed by atoms with Crippen molar-refractivity contribution < 1.29 is 32.3 Å². The molecular formula is C15H20F3NO4. The van der Waals surface area contributed by atoms with Gasteiger partial charge in [-0.3, -0.25) is 14.5 Å². The molecular weight excluding hydrogens is 315 g/mol. The average Bonchev–Trinajstić information content (AvgIpc) is 2.39. The minimum atomic E-state index is -3.33. The highest BCUT2D eigenvalue weighted by Gasteiger charge is 2.48. The molecule has 2 atom stereocenters. The summed E-state index contributed by atoms with van der Waals surface area (Å²) < 4.78 is 44.5. The maximum Gasteiger partial charge on any atom is 0.414 e. The van der Waals surface area contributed by atoms with Crippen LogP contribution >= 0.6 is 0 Å². The monoisotopic (exact) mass is 335 g/mol. The number of hydrogen-bond acceptors (Lipinski definition) is 4. The molecule has 0 saturated carbocycles. The molecule has 1 rings (SSSR count). The van der Waals surface area contributed by atoms with Crippen molar-refractivity contribution in [3.63, 3.8) is 0 Å². The number of halogens is 3. The first-order chi connectivity index (χ1) is 10.4. The lowest BCUT2D eigenvalue weighted by atomic mass is 9.82. The number of allylic oxidation sites excluding steroid dienone is 1. The minimum Gasteiger partial charge on any atom is -0.443 e. The normalized spacial score (nSPS) is 24.7. The van der Waals surface area contributed by atoms with Crippen LogP contribution in [0, 0.1) is 5.92 Å². The fourth-order valence-electron chi connectivity index (χ4n) is 2.00. The maximum atomic E-state index is 15.0. The van der Waals surface area contributed by atoms with E-state index in [2.05, 4.69) is 0 Å². The van der Waals surface area contributed by atoms with Gasteiger partial charge in [0.1, 0.15) is 5.60 Å². The van der Waals surface area contributed by atoms with Gasteiger partial charge < -0.3 is 4.74 Å². The van der Waals surface area contributed by atoms with Crippen molar-refractivity contribution in [2.45, 2.75) is 51.8 Å². The summed E-state index contributed by atoms with van der Waals surface area (Å²) in [5, 5.41) is 0. The summed E-state index contributed by atoms with van der Waals surface area (Å²) in [7, 11) is 0. The molecule has 0 spiro atoms. The van der Waals surface area contributed by atoms with E-state index >= 15 is 0 Å². The lowest BCUT2D eigenvalue weighted by molar-refractivity contribution is -0.141. The summed E-state index contributed by atoms with van der Waals surface area (Å²) >= 11 is 0. The van der Waals surface area contributed by atoms with Crippen molar-refractivity contribution in [1.29, 1.82) is 0 Å². The maximum absolute atomic E-state index is 15.0. The van der Waals surface area contributed by atoms with Gasteiger partial charge in [-0.15, -0.1) is 0 Å². The standard InChI is InChI=1S/C15H20F3NO4/c1-9-5-6-19(13(22)23-14(2,3)4)8-15(9,18)11(21)7-10(20)12(16)17/h5-6,9,12H,7-8H2,1-4H3. The predicted molar refractivity (Wildman–Crippen MR) is 75.7 cm³/mol. The predicted octanol–water partition coefficient (Wildman–Crippen LogP) is 2.89. The zero-order valence-corrected chi connectivity index (χ0v) is 13.4. The van der Waals surface area contributed by atoms with Crippen molar-refractivity contribution in [1.82, 2.24) is 4.90 Å². The summed E-state index contributed by atoms with van der Waals surface area (Å²) in [4.78, 5) is 35.7. The highest BCUT2D eigenvalue weighted by molar-refractivity contribution is 6.04. The lowest BCUT2D eigenvalue weighted by Crippen LogP contribution is -2.53. The Bertz CT molecular complexity index is 527. The molecule has 0 saturated heterocycles. The molecule has 2 unspecified atom stereocenters. The van der Waals surface area contributed by atoms with Crippen LogP contribution in [0.5, 0.6) is 0 Å². The minimum absolute atomic E-state index is 0.686. The number of ketones is 2. The number of carbonyl (C=O) groups is 3. The first-order valence-corrected chi connectivity index (χ1v) is 7.08. The number of hydrogen-bond donors (Lipinski definition) is 0. The van der Waals surface area contributed by atoms with Gasteiger partial charge in [0.2, 0.25) is 5.78 Å². The number of ether oxygens (including phenoxy) is 1. The van der Waals surface area contributed by atoms with Gasteiger partial charge in [-0.25, -0.2) is 18.0 Å². The van der Waals surface area contributed by atoms with E-state index in [1.807, 2.05) is 0 Å². The fourth-order valence-corrected chi connectivity index (χ4v) is 2.00. The molecule has 0 N–H and O–H groups in total. The number of amides is 1. The third-order valence-electron chi connectivity index (χ3n) is 3.35. The van der Waals surface area contributed by atoms with Crippen LogP contribution in [-0.2, 0) is 14.3 Å². The molecule has 8 heteroatoms. The molecule has 0 fully saturated rings. The van der Waals surface area contributed by atoms with Gasteiger partial charge >= 0.3 is 6.09 Å². The quantitative estimate of drug-likeness (QED) is 0.741. The molecule has 0 bridgehead atoms. The van der Waals surface area contributed by atoms with Crippen molar-refractivity contribution >= 4 is 17.7 Å². The number of rotatable bonds is 4. The zero-order chi connectivity index (χ0) is 18.0. The van der Waals surface area contributed by atoms with Gasteiger partial charge in [-0.2, -0.15) is 0 Å². The van der Waals surface area contributed by atoms with E-state index in [0.717, 1.165) is 4.90 Å². The molecule has 0 aromatic rings. The number of alkyl halides is 3. The van der Waals surface area contributed by atoms with Gasteiger partial charge in [-0.05, 0) is 20.8 Å². The molecule has 5 nitrogen and oxygen atoms in total. The third-order valence-corrected chi connectivity index (χ3v) is 3.35. The second-order valence-electron chi connectivity index (χ2n) is 6.47. The molecule has 0 radical (unpaired) electrons. The molecule has 23 heavy (non-hydrogen) atoms. The Balaban J connectivity index is 2.91. The van der Waals surface area contributed by atoms with Crippen molar-refractivity contribution in [2.75, 3.05) is 6.54 Å². The van der Waals surface area contributed by atoms with E-state index in [-0.39, 0.29) is 0 Å². The molecule has 1 amide bonds. The van der Waals surface area contributed by atoms with E-state index < -0.39 is 54.2 Å². The Hall–Kier alpha value is -1.86. The number of Topliss-reactive ketones (excluding diaryl/α,β-unsaturated/α-hetero) is 2. The van der Waals surface area contributed by atoms with E-state index in [0.29, 0.717) is 0 Å². The van der Waals surface area contributed by atoms with Crippen molar-refractivity contribution in [2.24, 2.45) is 5.92 Å². The number of carbonyl (C=O) groups excluding carboxylic acids is 3. The largest absolute Gasteiger partial charge is 0.443 e. The molecule has 0 aliphatic carbocycles.